The zero-order chi connectivity index (χ0) is 16.5. The van der Waals surface area contributed by atoms with Crippen molar-refractivity contribution in [1.82, 2.24) is 4.31 Å². The molecule has 22 heavy (non-hydrogen) atoms. The van der Waals surface area contributed by atoms with Crippen LogP contribution < -0.4 is 0 Å². The molecule has 5 heteroatoms. The van der Waals surface area contributed by atoms with E-state index in [1.807, 2.05) is 32.9 Å². The molecule has 0 radical (unpaired) electrons. The van der Waals surface area contributed by atoms with Crippen LogP contribution in [-0.4, -0.2) is 30.6 Å². The molecule has 122 valence electrons. The number of aryl methyl sites for hydroxylation is 1. The summed E-state index contributed by atoms with van der Waals surface area (Å²) in [5.74, 6) is 0.274. The van der Waals surface area contributed by atoms with Crippen molar-refractivity contribution in [1.29, 1.82) is 0 Å². The second kappa shape index (κ2) is 6.50. The summed E-state index contributed by atoms with van der Waals surface area (Å²) in [4.78, 5) is 11.8. The molecule has 1 aromatic rings. The summed E-state index contributed by atoms with van der Waals surface area (Å²) < 4.78 is 27.7. The number of rotatable bonds is 5. The quantitative estimate of drug-likeness (QED) is 0.836. The van der Waals surface area contributed by atoms with Crippen molar-refractivity contribution in [3.8, 4) is 0 Å². The van der Waals surface area contributed by atoms with Crippen LogP contribution in [0.5, 0.6) is 0 Å². The van der Waals surface area contributed by atoms with Crippen molar-refractivity contribution in [2.45, 2.75) is 63.9 Å². The summed E-state index contributed by atoms with van der Waals surface area (Å²) in [6.07, 6.45) is 1.88. The van der Waals surface area contributed by atoms with E-state index in [1.165, 1.54) is 6.92 Å². The van der Waals surface area contributed by atoms with E-state index in [2.05, 4.69) is 0 Å². The minimum Gasteiger partial charge on any atom is -0.300 e. The van der Waals surface area contributed by atoms with E-state index in [9.17, 15) is 13.2 Å². The summed E-state index contributed by atoms with van der Waals surface area (Å²) in [6, 6.07) is 6.70. The number of Topliss-reactive ketones (excluding diaryl/α,β-unsaturated/α-hetero) is 1. The second-order valence-corrected chi connectivity index (χ2v) is 8.44. The van der Waals surface area contributed by atoms with Crippen LogP contribution >= 0.6 is 0 Å². The van der Waals surface area contributed by atoms with E-state index in [1.54, 1.807) is 16.4 Å². The number of ketones is 1. The van der Waals surface area contributed by atoms with Crippen LogP contribution in [0.25, 0.3) is 0 Å². The molecular weight excluding hydrogens is 298 g/mol. The van der Waals surface area contributed by atoms with Gasteiger partial charge in [0.05, 0.1) is 4.90 Å². The highest BCUT2D eigenvalue weighted by Crippen LogP contribution is 2.36. The molecule has 1 aromatic carbocycles. The van der Waals surface area contributed by atoms with Crippen molar-refractivity contribution in [3.05, 3.63) is 29.8 Å². The van der Waals surface area contributed by atoms with E-state index >= 15 is 0 Å². The van der Waals surface area contributed by atoms with Gasteiger partial charge in [-0.15, -0.1) is 0 Å². The van der Waals surface area contributed by atoms with Gasteiger partial charge >= 0.3 is 0 Å². The highest BCUT2D eigenvalue weighted by Gasteiger charge is 2.43. The van der Waals surface area contributed by atoms with Crippen molar-refractivity contribution < 1.29 is 13.2 Å². The average molecular weight is 323 g/mol. The van der Waals surface area contributed by atoms with Crippen LogP contribution in [0, 0.1) is 12.8 Å². The largest absolute Gasteiger partial charge is 0.300 e. The fourth-order valence-corrected chi connectivity index (χ4v) is 5.25. The Morgan fingerprint density at radius 3 is 2.32 bits per heavy atom. The van der Waals surface area contributed by atoms with Gasteiger partial charge < -0.3 is 0 Å². The Kier molecular flexibility index (Phi) is 5.07. The second-order valence-electron chi connectivity index (χ2n) is 6.60. The molecule has 1 fully saturated rings. The molecule has 0 spiro atoms. The minimum atomic E-state index is -3.56. The first-order chi connectivity index (χ1) is 10.2. The maximum atomic E-state index is 13.1. The number of hydrogen-bond acceptors (Lipinski definition) is 3. The van der Waals surface area contributed by atoms with E-state index in [-0.39, 0.29) is 23.8 Å². The molecule has 0 saturated carbocycles. The minimum absolute atomic E-state index is 0.0318. The van der Waals surface area contributed by atoms with Gasteiger partial charge in [-0.2, -0.15) is 4.31 Å². The first kappa shape index (κ1) is 17.2. The standard InChI is InChI=1S/C17H25NO3S/c1-12(2)17-10-7-15(11-14(4)19)18(17)22(20,21)16-8-5-13(3)6-9-16/h5-6,8-9,12,15,17H,7,10-11H2,1-4H3/t15-,17+/m0/s1. The molecule has 1 saturated heterocycles. The van der Waals surface area contributed by atoms with E-state index in [0.717, 1.165) is 18.4 Å². The van der Waals surface area contributed by atoms with Crippen LogP contribution in [0.4, 0.5) is 0 Å². The van der Waals surface area contributed by atoms with Crippen LogP contribution in [0.2, 0.25) is 0 Å². The van der Waals surface area contributed by atoms with Crippen molar-refractivity contribution in [2.24, 2.45) is 5.92 Å². The Hall–Kier alpha value is -1.20. The number of carbonyl (C=O) groups is 1. The SMILES string of the molecule is CC(=O)C[C@@H]1CC[C@H](C(C)C)N1S(=O)(=O)c1ccc(C)cc1. The van der Waals surface area contributed by atoms with Gasteiger partial charge in [-0.3, -0.25) is 4.79 Å². The molecule has 2 rings (SSSR count). The molecule has 1 heterocycles. The van der Waals surface area contributed by atoms with Gasteiger partial charge in [0.15, 0.2) is 0 Å². The molecule has 0 N–H and O–H groups in total. The average Bonchev–Trinajstić information content (AvgIpc) is 2.83. The fraction of sp³-hybridized carbons (Fsp3) is 0.588. The third-order valence-electron chi connectivity index (χ3n) is 4.37. The van der Waals surface area contributed by atoms with Crippen LogP contribution in [0.1, 0.15) is 45.6 Å². The maximum Gasteiger partial charge on any atom is 0.243 e. The summed E-state index contributed by atoms with van der Waals surface area (Å²) in [6.45, 7) is 7.54. The van der Waals surface area contributed by atoms with Gasteiger partial charge in [-0.25, -0.2) is 8.42 Å². The highest BCUT2D eigenvalue weighted by molar-refractivity contribution is 7.89. The van der Waals surface area contributed by atoms with Gasteiger partial charge in [0.25, 0.3) is 0 Å². The first-order valence-corrected chi connectivity index (χ1v) is 9.27. The lowest BCUT2D eigenvalue weighted by Crippen LogP contribution is -2.44. The van der Waals surface area contributed by atoms with Crippen molar-refractivity contribution in [3.63, 3.8) is 0 Å². The predicted molar refractivity (Wildman–Crippen MR) is 87.1 cm³/mol. The number of nitrogens with zero attached hydrogens (tertiary/aromatic N) is 1. The lowest BCUT2D eigenvalue weighted by Gasteiger charge is -2.31. The molecule has 0 bridgehead atoms. The maximum absolute atomic E-state index is 13.1. The molecule has 2 atom stereocenters. The lowest BCUT2D eigenvalue weighted by molar-refractivity contribution is -0.117. The van der Waals surface area contributed by atoms with Crippen molar-refractivity contribution >= 4 is 15.8 Å². The van der Waals surface area contributed by atoms with Crippen LogP contribution in [0.15, 0.2) is 29.2 Å². The Morgan fingerprint density at radius 2 is 1.82 bits per heavy atom. The Morgan fingerprint density at radius 1 is 1.23 bits per heavy atom. The normalized spacial score (nSPS) is 23.1. The number of hydrogen-bond donors (Lipinski definition) is 0. The number of benzene rings is 1. The summed E-state index contributed by atoms with van der Waals surface area (Å²) in [5.41, 5.74) is 1.03. The third kappa shape index (κ3) is 3.41. The highest BCUT2D eigenvalue weighted by atomic mass is 32.2. The van der Waals surface area contributed by atoms with Gasteiger partial charge in [0.1, 0.15) is 5.78 Å². The van der Waals surface area contributed by atoms with E-state index in [4.69, 9.17) is 0 Å². The van der Waals surface area contributed by atoms with Crippen LogP contribution in [0.3, 0.4) is 0 Å². The third-order valence-corrected chi connectivity index (χ3v) is 6.36. The summed E-state index contributed by atoms with van der Waals surface area (Å²) >= 11 is 0. The Balaban J connectivity index is 2.42. The molecule has 1 aliphatic rings. The summed E-state index contributed by atoms with van der Waals surface area (Å²) in [5, 5.41) is 0. The smallest absolute Gasteiger partial charge is 0.243 e. The zero-order valence-corrected chi connectivity index (χ0v) is 14.6. The predicted octanol–water partition coefficient (Wildman–Crippen LogP) is 3.15. The molecular formula is C17H25NO3S. The van der Waals surface area contributed by atoms with Gasteiger partial charge in [0.2, 0.25) is 10.0 Å². The fourth-order valence-electron chi connectivity index (χ4n) is 3.25. The first-order valence-electron chi connectivity index (χ1n) is 7.83. The van der Waals surface area contributed by atoms with Gasteiger partial charge in [0, 0.05) is 18.5 Å². The zero-order valence-electron chi connectivity index (χ0n) is 13.7. The molecule has 4 nitrogen and oxygen atoms in total. The monoisotopic (exact) mass is 323 g/mol. The Labute approximate surface area is 133 Å². The van der Waals surface area contributed by atoms with Crippen molar-refractivity contribution in [2.75, 3.05) is 0 Å². The van der Waals surface area contributed by atoms with E-state index < -0.39 is 10.0 Å². The molecule has 0 aliphatic carbocycles. The number of carbonyl (C=O) groups excluding carboxylic acids is 1. The molecule has 0 amide bonds. The molecule has 1 aliphatic heterocycles. The topological polar surface area (TPSA) is 54.5 Å². The summed E-state index contributed by atoms with van der Waals surface area (Å²) in [7, 11) is -3.56. The number of sulfonamides is 1. The Bertz CT molecular complexity index is 634. The van der Waals surface area contributed by atoms with Crippen LogP contribution in [-0.2, 0) is 14.8 Å². The molecule has 0 unspecified atom stereocenters. The lowest BCUT2D eigenvalue weighted by atomic mass is 10.0. The van der Waals surface area contributed by atoms with Gasteiger partial charge in [-0.1, -0.05) is 31.5 Å². The van der Waals surface area contributed by atoms with Gasteiger partial charge in [-0.05, 0) is 44.7 Å². The molecule has 0 aromatic heterocycles. The van der Waals surface area contributed by atoms with E-state index in [0.29, 0.717) is 11.3 Å².